The van der Waals surface area contributed by atoms with E-state index < -0.39 is 17.7 Å². The average Bonchev–Trinajstić information content (AvgIpc) is 2.56. The smallest absolute Gasteiger partial charge is 0.409 e. The van der Waals surface area contributed by atoms with Crippen molar-refractivity contribution in [1.82, 2.24) is 9.80 Å². The lowest BCUT2D eigenvalue weighted by Crippen LogP contribution is -2.51. The lowest BCUT2D eigenvalue weighted by atomic mass is 10.3. The molecule has 0 spiro atoms. The first-order valence-electron chi connectivity index (χ1n) is 7.28. The standard InChI is InChI=1S/C15H18F2N2O4/c1-2-22-15(21)19-7-5-18(6-8-19)14(20)10-23-11-3-4-12(16)13(17)9-11/h3-4,9H,2,5-8,10H2,1H3. The third-order valence-corrected chi connectivity index (χ3v) is 3.41. The Labute approximate surface area is 132 Å². The topological polar surface area (TPSA) is 59.1 Å². The molecule has 0 saturated carbocycles. The van der Waals surface area contributed by atoms with Gasteiger partial charge in [0.15, 0.2) is 18.2 Å². The summed E-state index contributed by atoms with van der Waals surface area (Å²) in [4.78, 5) is 26.7. The quantitative estimate of drug-likeness (QED) is 0.843. The highest BCUT2D eigenvalue weighted by Gasteiger charge is 2.25. The van der Waals surface area contributed by atoms with Crippen molar-refractivity contribution in [1.29, 1.82) is 0 Å². The predicted octanol–water partition coefficient (Wildman–Crippen LogP) is 1.64. The van der Waals surface area contributed by atoms with Gasteiger partial charge < -0.3 is 19.3 Å². The van der Waals surface area contributed by atoms with E-state index >= 15 is 0 Å². The van der Waals surface area contributed by atoms with Crippen molar-refractivity contribution < 1.29 is 27.8 Å². The van der Waals surface area contributed by atoms with Gasteiger partial charge in [0, 0.05) is 32.2 Å². The molecule has 1 aromatic carbocycles. The summed E-state index contributed by atoms with van der Waals surface area (Å²) >= 11 is 0. The summed E-state index contributed by atoms with van der Waals surface area (Å²) < 4.78 is 35.9. The van der Waals surface area contributed by atoms with Gasteiger partial charge in [-0.3, -0.25) is 4.79 Å². The molecule has 1 aliphatic heterocycles. The van der Waals surface area contributed by atoms with E-state index in [1.54, 1.807) is 11.8 Å². The maximum Gasteiger partial charge on any atom is 0.409 e. The van der Waals surface area contributed by atoms with E-state index in [1.807, 2.05) is 0 Å². The van der Waals surface area contributed by atoms with Crippen molar-refractivity contribution in [3.8, 4) is 5.75 Å². The number of rotatable bonds is 4. The van der Waals surface area contributed by atoms with Crippen LogP contribution in [0.2, 0.25) is 0 Å². The lowest BCUT2D eigenvalue weighted by Gasteiger charge is -2.33. The first kappa shape index (κ1) is 17.0. The van der Waals surface area contributed by atoms with Crippen LogP contribution in [-0.2, 0) is 9.53 Å². The van der Waals surface area contributed by atoms with E-state index in [9.17, 15) is 18.4 Å². The predicted molar refractivity (Wildman–Crippen MR) is 77.0 cm³/mol. The third-order valence-electron chi connectivity index (χ3n) is 3.41. The van der Waals surface area contributed by atoms with Crippen molar-refractivity contribution in [3.63, 3.8) is 0 Å². The van der Waals surface area contributed by atoms with Gasteiger partial charge in [-0.1, -0.05) is 0 Å². The number of halogens is 2. The van der Waals surface area contributed by atoms with Crippen LogP contribution in [0.3, 0.4) is 0 Å². The molecule has 8 heteroatoms. The maximum atomic E-state index is 13.0. The van der Waals surface area contributed by atoms with Crippen LogP contribution in [-0.4, -0.2) is 61.2 Å². The van der Waals surface area contributed by atoms with Crippen molar-refractivity contribution in [2.24, 2.45) is 0 Å². The fraction of sp³-hybridized carbons (Fsp3) is 0.467. The van der Waals surface area contributed by atoms with Crippen LogP contribution in [0.15, 0.2) is 18.2 Å². The first-order chi connectivity index (χ1) is 11.0. The van der Waals surface area contributed by atoms with E-state index in [-0.39, 0.29) is 18.3 Å². The van der Waals surface area contributed by atoms with Crippen LogP contribution in [0.4, 0.5) is 13.6 Å². The van der Waals surface area contributed by atoms with Crippen molar-refractivity contribution in [2.75, 3.05) is 39.4 Å². The zero-order chi connectivity index (χ0) is 16.8. The maximum absolute atomic E-state index is 13.0. The molecular weight excluding hydrogens is 310 g/mol. The van der Waals surface area contributed by atoms with Gasteiger partial charge in [0.05, 0.1) is 6.61 Å². The van der Waals surface area contributed by atoms with E-state index in [4.69, 9.17) is 9.47 Å². The molecule has 1 aliphatic rings. The van der Waals surface area contributed by atoms with Crippen LogP contribution in [0.5, 0.6) is 5.75 Å². The molecule has 1 aromatic rings. The van der Waals surface area contributed by atoms with E-state index in [1.165, 1.54) is 11.0 Å². The highest BCUT2D eigenvalue weighted by Crippen LogP contribution is 2.15. The minimum atomic E-state index is -1.03. The van der Waals surface area contributed by atoms with Gasteiger partial charge >= 0.3 is 6.09 Å². The number of hydrogen-bond donors (Lipinski definition) is 0. The van der Waals surface area contributed by atoms with E-state index in [2.05, 4.69) is 0 Å². The molecule has 1 fully saturated rings. The highest BCUT2D eigenvalue weighted by atomic mass is 19.2. The Bertz CT molecular complexity index is 575. The Balaban J connectivity index is 1.79. The molecule has 1 saturated heterocycles. The average molecular weight is 328 g/mol. The zero-order valence-electron chi connectivity index (χ0n) is 12.8. The van der Waals surface area contributed by atoms with Crippen LogP contribution >= 0.6 is 0 Å². The molecule has 23 heavy (non-hydrogen) atoms. The molecule has 0 unspecified atom stereocenters. The Kier molecular flexibility index (Phi) is 5.72. The molecule has 126 valence electrons. The molecule has 0 radical (unpaired) electrons. The Morgan fingerprint density at radius 3 is 2.35 bits per heavy atom. The van der Waals surface area contributed by atoms with Gasteiger partial charge in [0.2, 0.25) is 0 Å². The van der Waals surface area contributed by atoms with Gasteiger partial charge in [-0.15, -0.1) is 0 Å². The normalized spacial score (nSPS) is 14.6. The fourth-order valence-electron chi connectivity index (χ4n) is 2.16. The van der Waals surface area contributed by atoms with E-state index in [0.717, 1.165) is 12.1 Å². The second kappa shape index (κ2) is 7.75. The lowest BCUT2D eigenvalue weighted by molar-refractivity contribution is -0.134. The van der Waals surface area contributed by atoms with Crippen LogP contribution < -0.4 is 4.74 Å². The number of carbonyl (C=O) groups is 2. The minimum absolute atomic E-state index is 0.0856. The van der Waals surface area contributed by atoms with Gasteiger partial charge in [0.25, 0.3) is 5.91 Å². The largest absolute Gasteiger partial charge is 0.484 e. The number of piperazine rings is 1. The molecule has 0 aromatic heterocycles. The number of amides is 2. The highest BCUT2D eigenvalue weighted by molar-refractivity contribution is 5.78. The van der Waals surface area contributed by atoms with Crippen LogP contribution in [0.25, 0.3) is 0 Å². The van der Waals surface area contributed by atoms with Crippen molar-refractivity contribution in [3.05, 3.63) is 29.8 Å². The Hall–Kier alpha value is -2.38. The number of ether oxygens (including phenoxy) is 2. The summed E-state index contributed by atoms with van der Waals surface area (Å²) in [5.41, 5.74) is 0. The first-order valence-corrected chi connectivity index (χ1v) is 7.28. The molecular formula is C15H18F2N2O4. The molecule has 2 amide bonds. The number of benzene rings is 1. The summed E-state index contributed by atoms with van der Waals surface area (Å²) in [6, 6.07) is 3.08. The van der Waals surface area contributed by atoms with Gasteiger partial charge in [-0.25, -0.2) is 13.6 Å². The zero-order valence-corrected chi connectivity index (χ0v) is 12.8. The van der Waals surface area contributed by atoms with Gasteiger partial charge in [-0.2, -0.15) is 0 Å². The van der Waals surface area contributed by atoms with Gasteiger partial charge in [0.1, 0.15) is 5.75 Å². The third kappa shape index (κ3) is 4.54. The Morgan fingerprint density at radius 2 is 1.74 bits per heavy atom. The Morgan fingerprint density at radius 1 is 1.09 bits per heavy atom. The van der Waals surface area contributed by atoms with Crippen molar-refractivity contribution >= 4 is 12.0 Å². The molecule has 0 bridgehead atoms. The van der Waals surface area contributed by atoms with E-state index in [0.29, 0.717) is 32.8 Å². The molecule has 2 rings (SSSR count). The van der Waals surface area contributed by atoms with Gasteiger partial charge in [-0.05, 0) is 19.1 Å². The fourth-order valence-corrected chi connectivity index (χ4v) is 2.16. The summed E-state index contributed by atoms with van der Waals surface area (Å²) in [6.45, 7) is 3.28. The molecule has 0 aliphatic carbocycles. The van der Waals surface area contributed by atoms with Crippen molar-refractivity contribution in [2.45, 2.75) is 6.92 Å². The molecule has 0 N–H and O–H groups in total. The summed E-state index contributed by atoms with van der Waals surface area (Å²) in [5, 5.41) is 0. The SMILES string of the molecule is CCOC(=O)N1CCN(C(=O)COc2ccc(F)c(F)c2)CC1. The monoisotopic (exact) mass is 328 g/mol. The molecule has 0 atom stereocenters. The molecule has 6 nitrogen and oxygen atoms in total. The number of carbonyl (C=O) groups excluding carboxylic acids is 2. The summed E-state index contributed by atoms with van der Waals surface area (Å²) in [7, 11) is 0. The van der Waals surface area contributed by atoms with Crippen LogP contribution in [0, 0.1) is 11.6 Å². The van der Waals surface area contributed by atoms with Crippen LogP contribution in [0.1, 0.15) is 6.92 Å². The summed E-state index contributed by atoms with van der Waals surface area (Å²) in [5.74, 6) is -2.20. The minimum Gasteiger partial charge on any atom is -0.484 e. The summed E-state index contributed by atoms with van der Waals surface area (Å²) in [6.07, 6.45) is -0.391. The second-order valence-corrected chi connectivity index (χ2v) is 4.93. The molecule has 1 heterocycles. The number of nitrogens with zero attached hydrogens (tertiary/aromatic N) is 2. The second-order valence-electron chi connectivity index (χ2n) is 4.93. The number of hydrogen-bond acceptors (Lipinski definition) is 4.